The van der Waals surface area contributed by atoms with Crippen LogP contribution in [0, 0.1) is 19.8 Å². The van der Waals surface area contributed by atoms with E-state index in [1.807, 2.05) is 6.07 Å². The van der Waals surface area contributed by atoms with Crippen LogP contribution in [0.15, 0.2) is 23.2 Å². The Balaban J connectivity index is 1.92. The third-order valence-corrected chi connectivity index (χ3v) is 4.65. The Hall–Kier alpha value is -2.24. The first-order chi connectivity index (χ1) is 12.5. The van der Waals surface area contributed by atoms with Crippen LogP contribution in [0.5, 0.6) is 5.75 Å². The molecule has 0 bridgehead atoms. The molecule has 1 saturated heterocycles. The summed E-state index contributed by atoms with van der Waals surface area (Å²) in [7, 11) is 0. The van der Waals surface area contributed by atoms with Gasteiger partial charge in [0, 0.05) is 26.1 Å². The molecule has 26 heavy (non-hydrogen) atoms. The van der Waals surface area contributed by atoms with Gasteiger partial charge in [-0.15, -0.1) is 0 Å². The van der Waals surface area contributed by atoms with Crippen LogP contribution < -0.4 is 15.8 Å². The smallest absolute Gasteiger partial charge is 0.217 e. The fraction of sp³-hybridized carbons (Fsp3) is 0.600. The predicted molar refractivity (Wildman–Crippen MR) is 105 cm³/mol. The molecule has 1 aromatic carbocycles. The number of amides is 1. The van der Waals surface area contributed by atoms with E-state index in [0.29, 0.717) is 25.5 Å². The van der Waals surface area contributed by atoms with Crippen molar-refractivity contribution in [2.24, 2.45) is 16.6 Å². The van der Waals surface area contributed by atoms with Crippen LogP contribution >= 0.6 is 0 Å². The van der Waals surface area contributed by atoms with Crippen molar-refractivity contribution >= 4 is 11.9 Å². The second kappa shape index (κ2) is 10.0. The maximum absolute atomic E-state index is 11.2. The Morgan fingerprint density at radius 3 is 2.77 bits per heavy atom. The lowest BCUT2D eigenvalue weighted by Gasteiger charge is -2.34. The van der Waals surface area contributed by atoms with E-state index >= 15 is 0 Å². The molecule has 1 fully saturated rings. The van der Waals surface area contributed by atoms with Crippen molar-refractivity contribution < 1.29 is 9.53 Å². The Morgan fingerprint density at radius 2 is 2.12 bits per heavy atom. The maximum Gasteiger partial charge on any atom is 0.217 e. The minimum absolute atomic E-state index is 0.221. The van der Waals surface area contributed by atoms with Gasteiger partial charge in [-0.25, -0.2) is 4.99 Å². The van der Waals surface area contributed by atoms with Gasteiger partial charge in [-0.05, 0) is 50.7 Å². The summed E-state index contributed by atoms with van der Waals surface area (Å²) in [5.41, 5.74) is 7.65. The molecule has 1 heterocycles. The second-order valence-electron chi connectivity index (χ2n) is 6.93. The highest BCUT2D eigenvalue weighted by Crippen LogP contribution is 2.22. The number of nitrogens with two attached hydrogens (primary N) is 1. The molecule has 1 amide bonds. The number of carbonyl (C=O) groups is 1. The number of nitrogens with zero attached hydrogens (tertiary/aromatic N) is 2. The van der Waals surface area contributed by atoms with E-state index in [1.165, 1.54) is 0 Å². The summed E-state index contributed by atoms with van der Waals surface area (Å²) in [5.74, 6) is 1.94. The zero-order valence-corrected chi connectivity index (χ0v) is 16.3. The minimum Gasteiger partial charge on any atom is -0.491 e. The molecule has 1 aliphatic rings. The van der Waals surface area contributed by atoms with Crippen LogP contribution in [0.2, 0.25) is 0 Å². The lowest BCUT2D eigenvalue weighted by atomic mass is 9.95. The summed E-state index contributed by atoms with van der Waals surface area (Å²) >= 11 is 0. The zero-order valence-electron chi connectivity index (χ0n) is 16.3. The number of benzene rings is 1. The molecule has 2 rings (SSSR count). The Morgan fingerprint density at radius 1 is 1.38 bits per heavy atom. The summed E-state index contributed by atoms with van der Waals surface area (Å²) in [6, 6.07) is 6.16. The molecule has 0 spiro atoms. The van der Waals surface area contributed by atoms with Crippen LogP contribution in [0.3, 0.4) is 0 Å². The number of piperidine rings is 1. The van der Waals surface area contributed by atoms with Crippen LogP contribution in [0.25, 0.3) is 0 Å². The van der Waals surface area contributed by atoms with Gasteiger partial charge >= 0.3 is 0 Å². The zero-order chi connectivity index (χ0) is 18.9. The first-order valence-electron chi connectivity index (χ1n) is 9.51. The van der Waals surface area contributed by atoms with E-state index in [0.717, 1.165) is 55.3 Å². The van der Waals surface area contributed by atoms with Crippen molar-refractivity contribution in [3.05, 3.63) is 29.3 Å². The number of ether oxygens (including phenoxy) is 1. The Labute approximate surface area is 156 Å². The highest BCUT2D eigenvalue weighted by molar-refractivity contribution is 5.80. The first kappa shape index (κ1) is 20.1. The molecule has 1 aliphatic heterocycles. The number of likely N-dealkylation sites (tertiary alicyclic amines) is 1. The number of primary amides is 1. The van der Waals surface area contributed by atoms with Crippen LogP contribution in [-0.4, -0.2) is 49.6 Å². The second-order valence-corrected chi connectivity index (χ2v) is 6.93. The lowest BCUT2D eigenvalue weighted by Crippen LogP contribution is -2.47. The molecule has 1 unspecified atom stereocenters. The summed E-state index contributed by atoms with van der Waals surface area (Å²) in [5, 5.41) is 3.35. The van der Waals surface area contributed by atoms with Gasteiger partial charge in [-0.2, -0.15) is 0 Å². The minimum atomic E-state index is -0.221. The molecule has 0 aromatic heterocycles. The number of aliphatic imine (C=N–C) groups is 1. The van der Waals surface area contributed by atoms with Crippen molar-refractivity contribution in [1.82, 2.24) is 10.2 Å². The summed E-state index contributed by atoms with van der Waals surface area (Å²) in [6.07, 6.45) is 2.56. The summed E-state index contributed by atoms with van der Waals surface area (Å²) in [4.78, 5) is 18.2. The standard InChI is InChI=1S/C20H32N4O2/c1-4-22-20(24-11-6-9-17(14-24)13-18(21)25)23-10-12-26-19-15(2)7-5-8-16(19)3/h5,7-8,17H,4,6,9-14H2,1-3H3,(H2,21,25)(H,22,23). The number of nitrogens with one attached hydrogen (secondary N) is 1. The first-order valence-corrected chi connectivity index (χ1v) is 9.51. The molecule has 0 aliphatic carbocycles. The largest absolute Gasteiger partial charge is 0.491 e. The highest BCUT2D eigenvalue weighted by atomic mass is 16.5. The van der Waals surface area contributed by atoms with Gasteiger partial charge in [0.05, 0.1) is 6.54 Å². The molecule has 6 heteroatoms. The molecule has 6 nitrogen and oxygen atoms in total. The SMILES string of the molecule is CCNC(=NCCOc1c(C)cccc1C)N1CCCC(CC(N)=O)C1. The normalized spacial score (nSPS) is 17.9. The van der Waals surface area contributed by atoms with E-state index in [9.17, 15) is 4.79 Å². The van der Waals surface area contributed by atoms with Gasteiger partial charge in [0.2, 0.25) is 5.91 Å². The lowest BCUT2D eigenvalue weighted by molar-refractivity contribution is -0.119. The molecule has 144 valence electrons. The maximum atomic E-state index is 11.2. The summed E-state index contributed by atoms with van der Waals surface area (Å²) < 4.78 is 5.94. The van der Waals surface area contributed by atoms with Gasteiger partial charge in [0.1, 0.15) is 12.4 Å². The van der Waals surface area contributed by atoms with Gasteiger partial charge in [0.25, 0.3) is 0 Å². The van der Waals surface area contributed by atoms with E-state index in [2.05, 4.69) is 43.1 Å². The average Bonchev–Trinajstić information content (AvgIpc) is 2.59. The molecule has 1 atom stereocenters. The van der Waals surface area contributed by atoms with Gasteiger partial charge in [-0.3, -0.25) is 4.79 Å². The fourth-order valence-electron chi connectivity index (χ4n) is 3.46. The van der Waals surface area contributed by atoms with Crippen molar-refractivity contribution in [3.63, 3.8) is 0 Å². The quantitative estimate of drug-likeness (QED) is 0.444. The van der Waals surface area contributed by atoms with Crippen molar-refractivity contribution in [3.8, 4) is 5.75 Å². The van der Waals surface area contributed by atoms with E-state index in [1.54, 1.807) is 0 Å². The molecule has 0 saturated carbocycles. The van der Waals surface area contributed by atoms with Crippen LogP contribution in [0.1, 0.15) is 37.3 Å². The fourth-order valence-corrected chi connectivity index (χ4v) is 3.46. The summed E-state index contributed by atoms with van der Waals surface area (Å²) in [6.45, 7) is 9.91. The van der Waals surface area contributed by atoms with Crippen LogP contribution in [-0.2, 0) is 4.79 Å². The number of guanidine groups is 1. The number of rotatable bonds is 7. The van der Waals surface area contributed by atoms with E-state index < -0.39 is 0 Å². The monoisotopic (exact) mass is 360 g/mol. The molecular weight excluding hydrogens is 328 g/mol. The number of aryl methyl sites for hydroxylation is 2. The third-order valence-electron chi connectivity index (χ3n) is 4.65. The molecule has 3 N–H and O–H groups in total. The Kier molecular flexibility index (Phi) is 7.75. The van der Waals surface area contributed by atoms with E-state index in [4.69, 9.17) is 15.5 Å². The van der Waals surface area contributed by atoms with Gasteiger partial charge in [-0.1, -0.05) is 18.2 Å². The number of carbonyl (C=O) groups excluding carboxylic acids is 1. The molecule has 1 aromatic rings. The number of para-hydroxylation sites is 1. The van der Waals surface area contributed by atoms with Crippen molar-refractivity contribution in [2.75, 3.05) is 32.8 Å². The molecule has 0 radical (unpaired) electrons. The van der Waals surface area contributed by atoms with Crippen molar-refractivity contribution in [1.29, 1.82) is 0 Å². The third kappa shape index (κ3) is 5.93. The highest BCUT2D eigenvalue weighted by Gasteiger charge is 2.23. The van der Waals surface area contributed by atoms with E-state index in [-0.39, 0.29) is 5.91 Å². The van der Waals surface area contributed by atoms with Crippen molar-refractivity contribution in [2.45, 2.75) is 40.0 Å². The van der Waals surface area contributed by atoms with Gasteiger partial charge < -0.3 is 20.7 Å². The predicted octanol–water partition coefficient (Wildman–Crippen LogP) is 2.24. The average molecular weight is 361 g/mol. The van der Waals surface area contributed by atoms with Crippen LogP contribution in [0.4, 0.5) is 0 Å². The topological polar surface area (TPSA) is 80.0 Å². The number of hydrogen-bond acceptors (Lipinski definition) is 3. The molecular formula is C20H32N4O2. The number of hydrogen-bond donors (Lipinski definition) is 2. The Bertz CT molecular complexity index is 610. The van der Waals surface area contributed by atoms with Gasteiger partial charge in [0.15, 0.2) is 5.96 Å².